The monoisotopic (exact) mass is 270 g/mol. The first-order valence-corrected chi connectivity index (χ1v) is 6.70. The summed E-state index contributed by atoms with van der Waals surface area (Å²) in [7, 11) is 0. The topological polar surface area (TPSA) is 46.5 Å². The summed E-state index contributed by atoms with van der Waals surface area (Å²) in [6.45, 7) is 0.305. The molecule has 0 aliphatic carbocycles. The minimum Gasteiger partial charge on any atom is -0.491 e. The molecule has 2 rings (SSSR count). The van der Waals surface area contributed by atoms with Gasteiger partial charge in [0.05, 0.1) is 6.61 Å². The average molecular weight is 270 g/mol. The van der Waals surface area contributed by atoms with Gasteiger partial charge in [0.1, 0.15) is 12.4 Å². The Hall–Kier alpha value is -2.13. The molecule has 3 heteroatoms. The van der Waals surface area contributed by atoms with Crippen LogP contribution in [0.3, 0.4) is 0 Å². The number of hydrogen-bond donors (Lipinski definition) is 1. The number of carbonyl (C=O) groups is 1. The summed E-state index contributed by atoms with van der Waals surface area (Å²) >= 11 is 0. The normalized spacial score (nSPS) is 10.2. The third-order valence-electron chi connectivity index (χ3n) is 3.02. The molecule has 0 bridgehead atoms. The first-order chi connectivity index (χ1) is 9.79. The SMILES string of the molecule is O=C(CCc1ccc(OCCO)cc1)c1ccccc1. The van der Waals surface area contributed by atoms with Crippen LogP contribution in [0.4, 0.5) is 0 Å². The smallest absolute Gasteiger partial charge is 0.163 e. The molecule has 0 aromatic heterocycles. The summed E-state index contributed by atoms with van der Waals surface area (Å²) in [5.74, 6) is 0.892. The zero-order valence-electron chi connectivity index (χ0n) is 11.3. The van der Waals surface area contributed by atoms with Gasteiger partial charge in [-0.05, 0) is 24.1 Å². The Kier molecular flexibility index (Phi) is 5.33. The van der Waals surface area contributed by atoms with Gasteiger partial charge in [-0.3, -0.25) is 4.79 Å². The number of benzene rings is 2. The van der Waals surface area contributed by atoms with Crippen molar-refractivity contribution in [1.29, 1.82) is 0 Å². The summed E-state index contributed by atoms with van der Waals surface area (Å²) < 4.78 is 5.29. The molecule has 0 amide bonds. The zero-order valence-corrected chi connectivity index (χ0v) is 11.3. The van der Waals surface area contributed by atoms with Crippen LogP contribution in [-0.4, -0.2) is 24.1 Å². The number of aryl methyl sites for hydroxylation is 1. The van der Waals surface area contributed by atoms with Gasteiger partial charge in [0.2, 0.25) is 0 Å². The number of rotatable bonds is 7. The molecular weight excluding hydrogens is 252 g/mol. The summed E-state index contributed by atoms with van der Waals surface area (Å²) in [6, 6.07) is 17.0. The van der Waals surface area contributed by atoms with Crippen molar-refractivity contribution in [3.8, 4) is 5.75 Å². The van der Waals surface area contributed by atoms with Gasteiger partial charge in [0, 0.05) is 12.0 Å². The molecule has 0 saturated heterocycles. The highest BCUT2D eigenvalue weighted by Gasteiger charge is 2.05. The molecule has 104 valence electrons. The third-order valence-corrected chi connectivity index (χ3v) is 3.02. The summed E-state index contributed by atoms with van der Waals surface area (Å²) in [5.41, 5.74) is 1.86. The molecule has 0 aliphatic rings. The second-order valence-corrected chi connectivity index (χ2v) is 4.51. The molecule has 0 heterocycles. The Morgan fingerprint density at radius 1 is 1.00 bits per heavy atom. The van der Waals surface area contributed by atoms with Crippen molar-refractivity contribution in [3.05, 3.63) is 65.7 Å². The number of carbonyl (C=O) groups excluding carboxylic acids is 1. The molecule has 0 radical (unpaired) electrons. The molecule has 20 heavy (non-hydrogen) atoms. The van der Waals surface area contributed by atoms with E-state index in [0.717, 1.165) is 16.9 Å². The van der Waals surface area contributed by atoms with E-state index < -0.39 is 0 Å². The molecule has 0 saturated carbocycles. The maximum atomic E-state index is 12.0. The molecule has 0 spiro atoms. The van der Waals surface area contributed by atoms with Gasteiger partial charge in [-0.1, -0.05) is 42.5 Å². The number of aliphatic hydroxyl groups is 1. The maximum absolute atomic E-state index is 12.0. The van der Waals surface area contributed by atoms with E-state index in [0.29, 0.717) is 19.4 Å². The lowest BCUT2D eigenvalue weighted by atomic mass is 10.0. The molecule has 0 aliphatic heterocycles. The highest BCUT2D eigenvalue weighted by atomic mass is 16.5. The van der Waals surface area contributed by atoms with E-state index in [1.807, 2.05) is 54.6 Å². The number of ketones is 1. The molecule has 0 unspecified atom stereocenters. The summed E-state index contributed by atoms with van der Waals surface area (Å²) in [6.07, 6.45) is 1.22. The second kappa shape index (κ2) is 7.46. The van der Waals surface area contributed by atoms with Gasteiger partial charge < -0.3 is 9.84 Å². The lowest BCUT2D eigenvalue weighted by molar-refractivity contribution is 0.0983. The van der Waals surface area contributed by atoms with Gasteiger partial charge in [-0.25, -0.2) is 0 Å². The third kappa shape index (κ3) is 4.21. The van der Waals surface area contributed by atoms with Crippen molar-refractivity contribution in [2.75, 3.05) is 13.2 Å². The van der Waals surface area contributed by atoms with E-state index in [2.05, 4.69) is 0 Å². The predicted octanol–water partition coefficient (Wildman–Crippen LogP) is 2.87. The Balaban J connectivity index is 1.86. The molecule has 0 fully saturated rings. The largest absolute Gasteiger partial charge is 0.491 e. The fourth-order valence-corrected chi connectivity index (χ4v) is 1.94. The molecule has 2 aromatic carbocycles. The van der Waals surface area contributed by atoms with Crippen LogP contribution < -0.4 is 4.74 Å². The highest BCUT2D eigenvalue weighted by Crippen LogP contribution is 2.14. The van der Waals surface area contributed by atoms with Crippen LogP contribution >= 0.6 is 0 Å². The van der Waals surface area contributed by atoms with Gasteiger partial charge in [-0.2, -0.15) is 0 Å². The minimum atomic E-state index is 0.00727. The molecular formula is C17H18O3. The number of ether oxygens (including phenoxy) is 1. The second-order valence-electron chi connectivity index (χ2n) is 4.51. The first kappa shape index (κ1) is 14.3. The Morgan fingerprint density at radius 2 is 1.70 bits per heavy atom. The molecule has 0 atom stereocenters. The van der Waals surface area contributed by atoms with E-state index in [9.17, 15) is 4.79 Å². The van der Waals surface area contributed by atoms with Crippen LogP contribution in [0, 0.1) is 0 Å². The van der Waals surface area contributed by atoms with Crippen LogP contribution in [0.5, 0.6) is 5.75 Å². The summed E-state index contributed by atoms with van der Waals surface area (Å²) in [5, 5.41) is 8.67. The Bertz CT molecular complexity index is 532. The van der Waals surface area contributed by atoms with Crippen molar-refractivity contribution in [1.82, 2.24) is 0 Å². The number of hydrogen-bond acceptors (Lipinski definition) is 3. The highest BCUT2D eigenvalue weighted by molar-refractivity contribution is 5.96. The lowest BCUT2D eigenvalue weighted by Gasteiger charge is -2.05. The number of aliphatic hydroxyl groups excluding tert-OH is 1. The maximum Gasteiger partial charge on any atom is 0.163 e. The minimum absolute atomic E-state index is 0.00727. The van der Waals surface area contributed by atoms with E-state index >= 15 is 0 Å². The molecule has 2 aromatic rings. The van der Waals surface area contributed by atoms with Gasteiger partial charge in [-0.15, -0.1) is 0 Å². The van der Waals surface area contributed by atoms with E-state index in [1.54, 1.807) is 0 Å². The van der Waals surface area contributed by atoms with Crippen LogP contribution in [0.25, 0.3) is 0 Å². The summed E-state index contributed by atoms with van der Waals surface area (Å²) in [4.78, 5) is 12.0. The van der Waals surface area contributed by atoms with Crippen molar-refractivity contribution in [3.63, 3.8) is 0 Å². The van der Waals surface area contributed by atoms with Crippen molar-refractivity contribution < 1.29 is 14.6 Å². The van der Waals surface area contributed by atoms with E-state index in [1.165, 1.54) is 0 Å². The van der Waals surface area contributed by atoms with E-state index in [-0.39, 0.29) is 12.4 Å². The number of Topliss-reactive ketones (excluding diaryl/α,β-unsaturated/α-hetero) is 1. The lowest BCUT2D eigenvalue weighted by Crippen LogP contribution is -2.02. The predicted molar refractivity (Wildman–Crippen MR) is 78.1 cm³/mol. The Labute approximate surface area is 118 Å². The van der Waals surface area contributed by atoms with Crippen molar-refractivity contribution in [2.24, 2.45) is 0 Å². The van der Waals surface area contributed by atoms with Crippen LogP contribution in [0.1, 0.15) is 22.3 Å². The van der Waals surface area contributed by atoms with Crippen molar-refractivity contribution >= 4 is 5.78 Å². The van der Waals surface area contributed by atoms with Crippen LogP contribution in [-0.2, 0) is 6.42 Å². The van der Waals surface area contributed by atoms with Gasteiger partial charge in [0.25, 0.3) is 0 Å². The van der Waals surface area contributed by atoms with E-state index in [4.69, 9.17) is 9.84 Å². The quantitative estimate of drug-likeness (QED) is 0.787. The average Bonchev–Trinajstić information content (AvgIpc) is 2.52. The van der Waals surface area contributed by atoms with Crippen LogP contribution in [0.2, 0.25) is 0 Å². The zero-order chi connectivity index (χ0) is 14.2. The van der Waals surface area contributed by atoms with Crippen molar-refractivity contribution in [2.45, 2.75) is 12.8 Å². The Morgan fingerprint density at radius 3 is 2.35 bits per heavy atom. The van der Waals surface area contributed by atoms with Gasteiger partial charge in [0.15, 0.2) is 5.78 Å². The van der Waals surface area contributed by atoms with Crippen LogP contribution in [0.15, 0.2) is 54.6 Å². The fraction of sp³-hybridized carbons (Fsp3) is 0.235. The van der Waals surface area contributed by atoms with Gasteiger partial charge >= 0.3 is 0 Å². The fourth-order valence-electron chi connectivity index (χ4n) is 1.94. The molecule has 3 nitrogen and oxygen atoms in total. The standard InChI is InChI=1S/C17H18O3/c18-12-13-20-16-9-6-14(7-10-16)8-11-17(19)15-4-2-1-3-5-15/h1-7,9-10,18H,8,11-13H2. The first-order valence-electron chi connectivity index (χ1n) is 6.70. The molecule has 1 N–H and O–H groups in total.